The average Bonchev–Trinajstić information content (AvgIpc) is 3.14. The normalized spacial score (nSPS) is 13.2. The second-order valence-electron chi connectivity index (χ2n) is 5.52. The van der Waals surface area contributed by atoms with Gasteiger partial charge in [-0.25, -0.2) is 4.98 Å². The highest BCUT2D eigenvalue weighted by atomic mass is 79.9. The maximum absolute atomic E-state index is 12.4. The molecule has 0 bridgehead atoms. The maximum atomic E-state index is 12.4. The van der Waals surface area contributed by atoms with Gasteiger partial charge in [-0.3, -0.25) is 14.5 Å². The van der Waals surface area contributed by atoms with Gasteiger partial charge >= 0.3 is 0 Å². The van der Waals surface area contributed by atoms with Crippen molar-refractivity contribution in [2.75, 3.05) is 5.32 Å². The first-order valence-electron chi connectivity index (χ1n) is 7.54. The Morgan fingerprint density at radius 3 is 2.44 bits per heavy atom. The van der Waals surface area contributed by atoms with Gasteiger partial charge in [0, 0.05) is 15.5 Å². The van der Waals surface area contributed by atoms with Gasteiger partial charge in [0.25, 0.3) is 11.8 Å². The molecule has 0 aliphatic carbocycles. The molecule has 5 nitrogen and oxygen atoms in total. The fraction of sp³-hybridized carbons (Fsp3) is 0.0556. The van der Waals surface area contributed by atoms with Gasteiger partial charge in [-0.2, -0.15) is 0 Å². The Kier molecular flexibility index (Phi) is 4.10. The van der Waals surface area contributed by atoms with Gasteiger partial charge < -0.3 is 5.32 Å². The Labute approximate surface area is 156 Å². The molecular weight excluding hydrogens is 402 g/mol. The van der Waals surface area contributed by atoms with Crippen LogP contribution in [0.25, 0.3) is 0 Å². The minimum absolute atomic E-state index is 0.170. The largest absolute Gasteiger partial charge is 0.332 e. The van der Waals surface area contributed by atoms with Crippen LogP contribution >= 0.6 is 27.3 Å². The standard InChI is InChI=1S/C18H12BrN3O2S/c19-11-4-3-5-12(8-11)20-18-21-13(10-25-18)9-22-16(23)14-6-1-2-7-15(14)17(22)24/h1-8,10H,9H2,(H,20,21). The molecule has 0 radical (unpaired) electrons. The lowest BCUT2D eigenvalue weighted by Crippen LogP contribution is -2.29. The lowest BCUT2D eigenvalue weighted by molar-refractivity contribution is 0.0640. The van der Waals surface area contributed by atoms with Crippen LogP contribution in [-0.4, -0.2) is 21.7 Å². The van der Waals surface area contributed by atoms with E-state index < -0.39 is 0 Å². The molecule has 1 aromatic heterocycles. The first-order valence-corrected chi connectivity index (χ1v) is 9.21. The predicted molar refractivity (Wildman–Crippen MR) is 100 cm³/mol. The fourth-order valence-corrected chi connectivity index (χ4v) is 3.79. The Morgan fingerprint density at radius 1 is 1.04 bits per heavy atom. The van der Waals surface area contributed by atoms with E-state index in [0.29, 0.717) is 22.0 Å². The number of rotatable bonds is 4. The highest BCUT2D eigenvalue weighted by molar-refractivity contribution is 9.10. The van der Waals surface area contributed by atoms with Crippen molar-refractivity contribution in [3.8, 4) is 0 Å². The molecule has 7 heteroatoms. The summed E-state index contributed by atoms with van der Waals surface area (Å²) in [6.45, 7) is 0.170. The summed E-state index contributed by atoms with van der Waals surface area (Å²) in [5.41, 5.74) is 2.50. The maximum Gasteiger partial charge on any atom is 0.261 e. The number of aromatic nitrogens is 1. The number of carbonyl (C=O) groups excluding carboxylic acids is 2. The van der Waals surface area contributed by atoms with Crippen LogP contribution in [0, 0.1) is 0 Å². The number of benzene rings is 2. The molecule has 0 spiro atoms. The lowest BCUT2D eigenvalue weighted by atomic mass is 10.1. The van der Waals surface area contributed by atoms with Gasteiger partial charge in [0.2, 0.25) is 0 Å². The Bertz CT molecular complexity index is 951. The van der Waals surface area contributed by atoms with Gasteiger partial charge in [-0.05, 0) is 30.3 Å². The topological polar surface area (TPSA) is 62.3 Å². The van der Waals surface area contributed by atoms with Crippen LogP contribution in [-0.2, 0) is 6.54 Å². The van der Waals surface area contributed by atoms with E-state index in [1.165, 1.54) is 16.2 Å². The molecule has 4 rings (SSSR count). The van der Waals surface area contributed by atoms with Gasteiger partial charge in [-0.1, -0.05) is 34.1 Å². The molecule has 0 unspecified atom stereocenters. The Hall–Kier alpha value is -2.51. The number of fused-ring (bicyclic) bond motifs is 1. The summed E-state index contributed by atoms with van der Waals surface area (Å²) < 4.78 is 0.973. The molecule has 0 saturated heterocycles. The summed E-state index contributed by atoms with van der Waals surface area (Å²) in [6, 6.07) is 14.6. The monoisotopic (exact) mass is 413 g/mol. The third-order valence-corrected chi connectivity index (χ3v) is 5.13. The molecule has 3 aromatic rings. The Balaban J connectivity index is 1.51. The molecule has 25 heavy (non-hydrogen) atoms. The molecular formula is C18H12BrN3O2S. The van der Waals surface area contributed by atoms with Gasteiger partial charge in [0.1, 0.15) is 0 Å². The van der Waals surface area contributed by atoms with E-state index in [0.717, 1.165) is 10.2 Å². The second-order valence-corrected chi connectivity index (χ2v) is 7.30. The van der Waals surface area contributed by atoms with E-state index in [4.69, 9.17) is 0 Å². The summed E-state index contributed by atoms with van der Waals surface area (Å²) in [6.07, 6.45) is 0. The summed E-state index contributed by atoms with van der Waals surface area (Å²) in [4.78, 5) is 30.5. The van der Waals surface area contributed by atoms with Crippen molar-refractivity contribution >= 4 is 49.9 Å². The Morgan fingerprint density at radius 2 is 1.76 bits per heavy atom. The van der Waals surface area contributed by atoms with Crippen LogP contribution in [0.1, 0.15) is 26.4 Å². The number of hydrogen-bond acceptors (Lipinski definition) is 5. The number of halogens is 1. The third kappa shape index (κ3) is 3.08. The van der Waals surface area contributed by atoms with Crippen molar-refractivity contribution < 1.29 is 9.59 Å². The molecule has 0 fully saturated rings. The molecule has 2 aromatic carbocycles. The van der Waals surface area contributed by atoms with E-state index in [-0.39, 0.29) is 18.4 Å². The SMILES string of the molecule is O=C1c2ccccc2C(=O)N1Cc1csc(Nc2cccc(Br)c2)n1. The number of thiazole rings is 1. The van der Waals surface area contributed by atoms with E-state index in [1.807, 2.05) is 29.6 Å². The van der Waals surface area contributed by atoms with E-state index >= 15 is 0 Å². The number of imide groups is 1. The number of amides is 2. The average molecular weight is 414 g/mol. The van der Waals surface area contributed by atoms with Crippen LogP contribution in [0.15, 0.2) is 58.4 Å². The molecule has 0 saturated carbocycles. The molecule has 124 valence electrons. The molecule has 1 aliphatic rings. The summed E-state index contributed by atoms with van der Waals surface area (Å²) in [7, 11) is 0. The van der Waals surface area contributed by atoms with Crippen LogP contribution in [0.3, 0.4) is 0 Å². The van der Waals surface area contributed by atoms with Crippen LogP contribution in [0.2, 0.25) is 0 Å². The van der Waals surface area contributed by atoms with E-state index in [1.54, 1.807) is 24.3 Å². The summed E-state index contributed by atoms with van der Waals surface area (Å²) in [5, 5.41) is 5.78. The van der Waals surface area contributed by atoms with Crippen molar-refractivity contribution in [3.05, 3.63) is 75.2 Å². The van der Waals surface area contributed by atoms with E-state index in [2.05, 4.69) is 26.2 Å². The lowest BCUT2D eigenvalue weighted by Gasteiger charge is -2.11. The quantitative estimate of drug-likeness (QED) is 0.641. The summed E-state index contributed by atoms with van der Waals surface area (Å²) in [5.74, 6) is -0.537. The number of anilines is 2. The molecule has 1 N–H and O–H groups in total. The minimum Gasteiger partial charge on any atom is -0.332 e. The van der Waals surface area contributed by atoms with Crippen molar-refractivity contribution in [1.29, 1.82) is 0 Å². The zero-order chi connectivity index (χ0) is 17.4. The highest BCUT2D eigenvalue weighted by Gasteiger charge is 2.35. The smallest absolute Gasteiger partial charge is 0.261 e. The van der Waals surface area contributed by atoms with Crippen LogP contribution in [0.4, 0.5) is 10.8 Å². The van der Waals surface area contributed by atoms with E-state index in [9.17, 15) is 9.59 Å². The zero-order valence-electron chi connectivity index (χ0n) is 12.9. The minimum atomic E-state index is -0.268. The molecule has 2 heterocycles. The summed E-state index contributed by atoms with van der Waals surface area (Å²) >= 11 is 4.86. The van der Waals surface area contributed by atoms with Crippen molar-refractivity contribution in [1.82, 2.24) is 9.88 Å². The molecule has 2 amide bonds. The number of hydrogen-bond donors (Lipinski definition) is 1. The van der Waals surface area contributed by atoms with Crippen molar-refractivity contribution in [2.45, 2.75) is 6.54 Å². The van der Waals surface area contributed by atoms with Crippen LogP contribution < -0.4 is 5.32 Å². The van der Waals surface area contributed by atoms with Gasteiger partial charge in [0.15, 0.2) is 5.13 Å². The number of carbonyl (C=O) groups is 2. The first-order chi connectivity index (χ1) is 12.1. The third-order valence-electron chi connectivity index (χ3n) is 3.83. The fourth-order valence-electron chi connectivity index (χ4n) is 2.67. The predicted octanol–water partition coefficient (Wildman–Crippen LogP) is 4.45. The van der Waals surface area contributed by atoms with Crippen molar-refractivity contribution in [3.63, 3.8) is 0 Å². The van der Waals surface area contributed by atoms with Gasteiger partial charge in [0.05, 0.1) is 23.4 Å². The highest BCUT2D eigenvalue weighted by Crippen LogP contribution is 2.27. The molecule has 1 aliphatic heterocycles. The zero-order valence-corrected chi connectivity index (χ0v) is 15.3. The first kappa shape index (κ1) is 16.0. The van der Waals surface area contributed by atoms with Gasteiger partial charge in [-0.15, -0.1) is 11.3 Å². The number of nitrogens with one attached hydrogen (secondary N) is 1. The van der Waals surface area contributed by atoms with Crippen LogP contribution in [0.5, 0.6) is 0 Å². The second kappa shape index (κ2) is 6.42. The van der Waals surface area contributed by atoms with Crippen molar-refractivity contribution in [2.24, 2.45) is 0 Å². The molecule has 0 atom stereocenters. The number of nitrogens with zero attached hydrogens (tertiary/aromatic N) is 2.